The predicted octanol–water partition coefficient (Wildman–Crippen LogP) is 4.36. The normalized spacial score (nSPS) is 12.3. The maximum atomic E-state index is 13.0. The third kappa shape index (κ3) is 1.75. The molecule has 1 radical (unpaired) electrons. The second-order valence-electron chi connectivity index (χ2n) is 3.40. The lowest BCUT2D eigenvalue weighted by Crippen LogP contribution is -2.17. The van der Waals surface area contributed by atoms with E-state index >= 15 is 0 Å². The van der Waals surface area contributed by atoms with Crippen molar-refractivity contribution >= 4 is 10.8 Å². The molecule has 2 rings (SSSR count). The highest BCUT2D eigenvalue weighted by molar-refractivity contribution is 5.83. The summed E-state index contributed by atoms with van der Waals surface area (Å²) in [7, 11) is 0. The standard InChI is InChI=1S/C12H7F4/c13-11(14)12(15,16)10-6-5-8-3-1-2-4-9(8)7-10/h1-7H. The molecule has 2 aromatic carbocycles. The van der Waals surface area contributed by atoms with Gasteiger partial charge >= 0.3 is 12.3 Å². The molecule has 16 heavy (non-hydrogen) atoms. The maximum Gasteiger partial charge on any atom is 0.382 e. The van der Waals surface area contributed by atoms with Gasteiger partial charge in [-0.2, -0.15) is 17.6 Å². The molecule has 0 nitrogen and oxygen atoms in total. The minimum Gasteiger partial charge on any atom is -0.194 e. The highest BCUT2D eigenvalue weighted by Crippen LogP contribution is 2.40. The van der Waals surface area contributed by atoms with Crippen LogP contribution in [0, 0.1) is 6.43 Å². The van der Waals surface area contributed by atoms with E-state index in [-0.39, 0.29) is 0 Å². The number of alkyl halides is 2. The fourth-order valence-corrected chi connectivity index (χ4v) is 1.49. The summed E-state index contributed by atoms with van der Waals surface area (Å²) in [4.78, 5) is 0. The van der Waals surface area contributed by atoms with E-state index in [0.717, 1.165) is 17.5 Å². The number of benzene rings is 2. The summed E-state index contributed by atoms with van der Waals surface area (Å²) in [6.07, 6.45) is -2.89. The summed E-state index contributed by atoms with van der Waals surface area (Å²) in [6, 6.07) is 10.2. The van der Waals surface area contributed by atoms with Crippen LogP contribution in [0.3, 0.4) is 0 Å². The van der Waals surface area contributed by atoms with E-state index in [2.05, 4.69) is 0 Å². The molecule has 0 N–H and O–H groups in total. The minimum atomic E-state index is -4.18. The van der Waals surface area contributed by atoms with Gasteiger partial charge in [-0.3, -0.25) is 0 Å². The van der Waals surface area contributed by atoms with Gasteiger partial charge in [-0.1, -0.05) is 36.4 Å². The van der Waals surface area contributed by atoms with E-state index in [1.54, 1.807) is 24.3 Å². The molecule has 0 atom stereocenters. The Hall–Kier alpha value is -1.58. The van der Waals surface area contributed by atoms with Crippen LogP contribution in [0.1, 0.15) is 5.56 Å². The Morgan fingerprint density at radius 2 is 1.50 bits per heavy atom. The molecule has 83 valence electrons. The molecule has 0 aliphatic rings. The van der Waals surface area contributed by atoms with Crippen molar-refractivity contribution in [2.24, 2.45) is 0 Å². The highest BCUT2D eigenvalue weighted by atomic mass is 19.3. The Morgan fingerprint density at radius 1 is 0.875 bits per heavy atom. The van der Waals surface area contributed by atoms with Gasteiger partial charge in [0.05, 0.1) is 0 Å². The zero-order chi connectivity index (χ0) is 11.8. The zero-order valence-electron chi connectivity index (χ0n) is 8.05. The fraction of sp³-hybridized carbons (Fsp3) is 0.0833. The van der Waals surface area contributed by atoms with E-state index in [9.17, 15) is 17.6 Å². The molecule has 0 bridgehead atoms. The molecule has 0 aliphatic heterocycles. The molecule has 0 heterocycles. The van der Waals surface area contributed by atoms with Crippen molar-refractivity contribution in [3.8, 4) is 0 Å². The SMILES string of the molecule is F[C](F)C(F)(F)c1ccc2ccccc2c1. The summed E-state index contributed by atoms with van der Waals surface area (Å²) >= 11 is 0. The molecular formula is C12H7F4. The van der Waals surface area contributed by atoms with Crippen molar-refractivity contribution in [2.75, 3.05) is 0 Å². The largest absolute Gasteiger partial charge is 0.382 e. The van der Waals surface area contributed by atoms with E-state index in [1.807, 2.05) is 0 Å². The smallest absolute Gasteiger partial charge is 0.194 e. The monoisotopic (exact) mass is 227 g/mol. The zero-order valence-corrected chi connectivity index (χ0v) is 8.05. The van der Waals surface area contributed by atoms with Gasteiger partial charge in [-0.15, -0.1) is 0 Å². The Labute approximate surface area is 89.5 Å². The van der Waals surface area contributed by atoms with Gasteiger partial charge in [-0.05, 0) is 16.8 Å². The van der Waals surface area contributed by atoms with Crippen molar-refractivity contribution in [3.05, 3.63) is 54.5 Å². The van der Waals surface area contributed by atoms with E-state index in [4.69, 9.17) is 0 Å². The lowest BCUT2D eigenvalue weighted by atomic mass is 10.0. The van der Waals surface area contributed by atoms with Crippen molar-refractivity contribution in [1.82, 2.24) is 0 Å². The van der Waals surface area contributed by atoms with Crippen molar-refractivity contribution in [2.45, 2.75) is 5.92 Å². The summed E-state index contributed by atoms with van der Waals surface area (Å²) in [5.74, 6) is -4.18. The molecule has 0 saturated carbocycles. The van der Waals surface area contributed by atoms with Crippen molar-refractivity contribution < 1.29 is 17.6 Å². The van der Waals surface area contributed by atoms with Gasteiger partial charge in [0.15, 0.2) is 0 Å². The molecule has 0 spiro atoms. The van der Waals surface area contributed by atoms with E-state index < -0.39 is 17.9 Å². The summed E-state index contributed by atoms with van der Waals surface area (Å²) in [5.41, 5.74) is -0.689. The first-order valence-corrected chi connectivity index (χ1v) is 4.57. The van der Waals surface area contributed by atoms with Gasteiger partial charge in [0.1, 0.15) is 0 Å². The Kier molecular flexibility index (Phi) is 2.58. The van der Waals surface area contributed by atoms with E-state index in [1.165, 1.54) is 6.07 Å². The van der Waals surface area contributed by atoms with Crippen LogP contribution in [-0.2, 0) is 5.92 Å². The molecule has 0 fully saturated rings. The Morgan fingerprint density at radius 3 is 2.12 bits per heavy atom. The highest BCUT2D eigenvalue weighted by Gasteiger charge is 2.44. The van der Waals surface area contributed by atoms with Crippen LogP contribution in [0.5, 0.6) is 0 Å². The number of hydrogen-bond acceptors (Lipinski definition) is 0. The van der Waals surface area contributed by atoms with Crippen LogP contribution in [0.4, 0.5) is 17.6 Å². The lowest BCUT2D eigenvalue weighted by Gasteiger charge is -2.14. The Bertz CT molecular complexity index is 505. The van der Waals surface area contributed by atoms with Crippen LogP contribution >= 0.6 is 0 Å². The van der Waals surface area contributed by atoms with Gasteiger partial charge in [-0.25, -0.2) is 0 Å². The third-order valence-electron chi connectivity index (χ3n) is 2.35. The maximum absolute atomic E-state index is 13.0. The molecule has 0 amide bonds. The molecule has 2 aromatic rings. The van der Waals surface area contributed by atoms with Crippen LogP contribution in [0.2, 0.25) is 0 Å². The molecule has 0 aliphatic carbocycles. The molecule has 0 unspecified atom stereocenters. The molecular weight excluding hydrogens is 220 g/mol. The van der Waals surface area contributed by atoms with Gasteiger partial charge < -0.3 is 0 Å². The molecule has 0 saturated heterocycles. The van der Waals surface area contributed by atoms with Crippen LogP contribution < -0.4 is 0 Å². The van der Waals surface area contributed by atoms with Crippen LogP contribution in [0.25, 0.3) is 10.8 Å². The number of hydrogen-bond donors (Lipinski definition) is 0. The second-order valence-corrected chi connectivity index (χ2v) is 3.40. The number of halogens is 4. The Balaban J connectivity index is 2.55. The summed E-state index contributed by atoms with van der Waals surface area (Å²) in [5, 5.41) is 1.25. The minimum absolute atomic E-state index is 0.515. The summed E-state index contributed by atoms with van der Waals surface area (Å²) in [6.45, 7) is 0. The fourth-order valence-electron chi connectivity index (χ4n) is 1.49. The first kappa shape index (κ1) is 10.9. The van der Waals surface area contributed by atoms with Gasteiger partial charge in [0.2, 0.25) is 0 Å². The first-order valence-electron chi connectivity index (χ1n) is 4.57. The summed E-state index contributed by atoms with van der Waals surface area (Å²) < 4.78 is 50.2. The van der Waals surface area contributed by atoms with Gasteiger partial charge in [0.25, 0.3) is 0 Å². The third-order valence-corrected chi connectivity index (χ3v) is 2.35. The second kappa shape index (κ2) is 3.77. The number of fused-ring (bicyclic) bond motifs is 1. The molecule has 0 aromatic heterocycles. The average molecular weight is 227 g/mol. The lowest BCUT2D eigenvalue weighted by molar-refractivity contribution is -0.0653. The van der Waals surface area contributed by atoms with Crippen molar-refractivity contribution in [3.63, 3.8) is 0 Å². The molecule has 4 heteroatoms. The first-order chi connectivity index (χ1) is 7.51. The van der Waals surface area contributed by atoms with Gasteiger partial charge in [0, 0.05) is 5.56 Å². The van der Waals surface area contributed by atoms with Crippen LogP contribution in [0.15, 0.2) is 42.5 Å². The average Bonchev–Trinajstić information content (AvgIpc) is 2.28. The quantitative estimate of drug-likeness (QED) is 0.668. The van der Waals surface area contributed by atoms with E-state index in [0.29, 0.717) is 5.39 Å². The van der Waals surface area contributed by atoms with Crippen molar-refractivity contribution in [1.29, 1.82) is 0 Å². The predicted molar refractivity (Wildman–Crippen MR) is 53.3 cm³/mol. The van der Waals surface area contributed by atoms with Crippen LogP contribution in [-0.4, -0.2) is 0 Å². The number of rotatable bonds is 2. The topological polar surface area (TPSA) is 0 Å².